The van der Waals surface area contributed by atoms with Gasteiger partial charge in [0.1, 0.15) is 0 Å². The van der Waals surface area contributed by atoms with Crippen LogP contribution in [-0.2, 0) is 0 Å². The molecule has 0 bridgehead atoms. The molecule has 5 nitrogen and oxygen atoms in total. The molecule has 0 unspecified atom stereocenters. The van der Waals surface area contributed by atoms with Gasteiger partial charge in [0.05, 0.1) is 12.8 Å². The maximum Gasteiger partial charge on any atom is 0.291 e. The van der Waals surface area contributed by atoms with Gasteiger partial charge in [0, 0.05) is 11.3 Å². The highest BCUT2D eigenvalue weighted by Crippen LogP contribution is 2.12. The molecule has 18 heavy (non-hydrogen) atoms. The molecule has 0 atom stereocenters. The zero-order valence-electron chi connectivity index (χ0n) is 9.55. The Kier molecular flexibility index (Phi) is 3.54. The summed E-state index contributed by atoms with van der Waals surface area (Å²) in [6.07, 6.45) is 1.42. The minimum absolute atomic E-state index is 0.0599. The fraction of sp³-hybridized carbons (Fsp3) is 0.0769. The summed E-state index contributed by atoms with van der Waals surface area (Å²) >= 11 is 0. The molecule has 0 radical (unpaired) electrons. The maximum absolute atomic E-state index is 11.7. The van der Waals surface area contributed by atoms with Gasteiger partial charge < -0.3 is 15.5 Å². The molecular weight excluding hydrogens is 232 g/mol. The van der Waals surface area contributed by atoms with E-state index in [-0.39, 0.29) is 24.0 Å². The van der Waals surface area contributed by atoms with Gasteiger partial charge in [0.2, 0.25) is 0 Å². The van der Waals surface area contributed by atoms with Gasteiger partial charge in [-0.15, -0.1) is 0 Å². The number of amides is 1. The van der Waals surface area contributed by atoms with Crippen LogP contribution in [0.25, 0.3) is 0 Å². The molecule has 92 valence electrons. The van der Waals surface area contributed by atoms with Crippen LogP contribution in [-0.4, -0.2) is 18.2 Å². The van der Waals surface area contributed by atoms with E-state index < -0.39 is 0 Å². The Bertz CT molecular complexity index is 561. The molecule has 5 heteroatoms. The van der Waals surface area contributed by atoms with Gasteiger partial charge >= 0.3 is 0 Å². The van der Waals surface area contributed by atoms with Crippen molar-refractivity contribution in [1.29, 1.82) is 0 Å². The quantitative estimate of drug-likeness (QED) is 0.801. The molecule has 0 saturated heterocycles. The second kappa shape index (κ2) is 5.29. The van der Waals surface area contributed by atoms with E-state index in [0.717, 1.165) is 0 Å². The smallest absolute Gasteiger partial charge is 0.291 e. The lowest BCUT2D eigenvalue weighted by atomic mass is 10.1. The standard InChI is InChI=1S/C13H12N2O3/c14-8-11(16)9-3-1-4-10(7-9)15-13(17)12-5-2-6-18-12/h1-7H,8,14H2,(H,15,17). The average molecular weight is 244 g/mol. The van der Waals surface area contributed by atoms with Crippen LogP contribution in [0.2, 0.25) is 0 Å². The lowest BCUT2D eigenvalue weighted by molar-refractivity contribution is 0.0989. The Balaban J connectivity index is 2.15. The first-order chi connectivity index (χ1) is 8.70. The molecule has 0 aliphatic carbocycles. The number of benzene rings is 1. The van der Waals surface area contributed by atoms with Crippen molar-refractivity contribution in [2.75, 3.05) is 11.9 Å². The Labute approximate surface area is 104 Å². The van der Waals surface area contributed by atoms with Gasteiger partial charge in [-0.05, 0) is 24.3 Å². The topological polar surface area (TPSA) is 85.3 Å². The summed E-state index contributed by atoms with van der Waals surface area (Å²) in [6, 6.07) is 9.79. The van der Waals surface area contributed by atoms with Gasteiger partial charge in [0.25, 0.3) is 5.91 Å². The second-order valence-electron chi connectivity index (χ2n) is 3.64. The number of furan rings is 1. The highest BCUT2D eigenvalue weighted by molar-refractivity contribution is 6.03. The van der Waals surface area contributed by atoms with Crippen LogP contribution in [0.15, 0.2) is 47.1 Å². The number of anilines is 1. The van der Waals surface area contributed by atoms with Crippen molar-refractivity contribution in [3.05, 3.63) is 54.0 Å². The molecule has 2 rings (SSSR count). The first-order valence-electron chi connectivity index (χ1n) is 5.39. The Hall–Kier alpha value is -2.40. The van der Waals surface area contributed by atoms with Crippen LogP contribution in [0.4, 0.5) is 5.69 Å². The molecule has 1 aromatic carbocycles. The fourth-order valence-electron chi connectivity index (χ4n) is 1.49. The molecular formula is C13H12N2O3. The minimum atomic E-state index is -0.364. The number of hydrogen-bond acceptors (Lipinski definition) is 4. The number of nitrogens with one attached hydrogen (secondary N) is 1. The van der Waals surface area contributed by atoms with E-state index in [1.807, 2.05) is 0 Å². The van der Waals surface area contributed by atoms with E-state index in [4.69, 9.17) is 10.2 Å². The summed E-state index contributed by atoms with van der Waals surface area (Å²) in [5.74, 6) is -0.327. The average Bonchev–Trinajstić information content (AvgIpc) is 2.92. The van der Waals surface area contributed by atoms with Crippen LogP contribution >= 0.6 is 0 Å². The van der Waals surface area contributed by atoms with Crippen LogP contribution in [0.1, 0.15) is 20.9 Å². The summed E-state index contributed by atoms with van der Waals surface area (Å²) in [6.45, 7) is -0.0599. The zero-order chi connectivity index (χ0) is 13.0. The zero-order valence-corrected chi connectivity index (χ0v) is 9.55. The second-order valence-corrected chi connectivity index (χ2v) is 3.64. The fourth-order valence-corrected chi connectivity index (χ4v) is 1.49. The number of rotatable bonds is 4. The monoisotopic (exact) mass is 244 g/mol. The number of ketones is 1. The van der Waals surface area contributed by atoms with Crippen molar-refractivity contribution >= 4 is 17.4 Å². The summed E-state index contributed by atoms with van der Waals surface area (Å²) in [5, 5.41) is 2.64. The van der Waals surface area contributed by atoms with Crippen molar-refractivity contribution in [1.82, 2.24) is 0 Å². The summed E-state index contributed by atoms with van der Waals surface area (Å²) in [5.41, 5.74) is 6.27. The van der Waals surface area contributed by atoms with Crippen molar-refractivity contribution in [2.45, 2.75) is 0 Å². The molecule has 2 aromatic rings. The lowest BCUT2D eigenvalue weighted by Crippen LogP contribution is -2.15. The van der Waals surface area contributed by atoms with E-state index >= 15 is 0 Å². The summed E-state index contributed by atoms with van der Waals surface area (Å²) in [4.78, 5) is 23.1. The third-order valence-corrected chi connectivity index (χ3v) is 2.37. The van der Waals surface area contributed by atoms with Gasteiger partial charge in [-0.25, -0.2) is 0 Å². The van der Waals surface area contributed by atoms with Crippen molar-refractivity contribution in [3.8, 4) is 0 Å². The van der Waals surface area contributed by atoms with Crippen molar-refractivity contribution in [2.24, 2.45) is 5.73 Å². The first kappa shape index (κ1) is 12.1. The molecule has 1 amide bonds. The molecule has 0 spiro atoms. The van der Waals surface area contributed by atoms with Crippen LogP contribution in [0.3, 0.4) is 0 Å². The predicted octanol–water partition coefficient (Wildman–Crippen LogP) is 1.67. The Morgan fingerprint density at radius 3 is 2.72 bits per heavy atom. The molecule has 1 aromatic heterocycles. The predicted molar refractivity (Wildman–Crippen MR) is 66.5 cm³/mol. The highest BCUT2D eigenvalue weighted by atomic mass is 16.3. The lowest BCUT2D eigenvalue weighted by Gasteiger charge is -2.05. The van der Waals surface area contributed by atoms with E-state index in [9.17, 15) is 9.59 Å². The van der Waals surface area contributed by atoms with E-state index in [0.29, 0.717) is 11.3 Å². The molecule has 3 N–H and O–H groups in total. The SMILES string of the molecule is NCC(=O)c1cccc(NC(=O)c2ccco2)c1. The highest BCUT2D eigenvalue weighted by Gasteiger charge is 2.10. The Morgan fingerprint density at radius 2 is 2.06 bits per heavy atom. The van der Waals surface area contributed by atoms with Gasteiger partial charge in [-0.2, -0.15) is 0 Å². The Morgan fingerprint density at radius 1 is 1.22 bits per heavy atom. The molecule has 1 heterocycles. The molecule has 0 aliphatic heterocycles. The third kappa shape index (κ3) is 2.64. The van der Waals surface area contributed by atoms with Crippen molar-refractivity contribution in [3.63, 3.8) is 0 Å². The molecule has 0 fully saturated rings. The van der Waals surface area contributed by atoms with Gasteiger partial charge in [0.15, 0.2) is 11.5 Å². The van der Waals surface area contributed by atoms with Crippen molar-refractivity contribution < 1.29 is 14.0 Å². The summed E-state index contributed by atoms with van der Waals surface area (Å²) < 4.78 is 4.97. The first-order valence-corrected chi connectivity index (χ1v) is 5.39. The number of carbonyl (C=O) groups excluding carboxylic acids is 2. The van der Waals surface area contributed by atoms with E-state index in [2.05, 4.69) is 5.32 Å². The van der Waals surface area contributed by atoms with Crippen LogP contribution < -0.4 is 11.1 Å². The van der Waals surface area contributed by atoms with Crippen LogP contribution in [0, 0.1) is 0 Å². The molecule has 0 saturated carbocycles. The number of hydrogen-bond donors (Lipinski definition) is 2. The number of nitrogens with two attached hydrogens (primary N) is 1. The molecule has 0 aliphatic rings. The minimum Gasteiger partial charge on any atom is -0.459 e. The maximum atomic E-state index is 11.7. The number of Topliss-reactive ketones (excluding diaryl/α,β-unsaturated/α-hetero) is 1. The normalized spacial score (nSPS) is 10.1. The summed E-state index contributed by atoms with van der Waals surface area (Å²) in [7, 11) is 0. The largest absolute Gasteiger partial charge is 0.459 e. The van der Waals surface area contributed by atoms with Crippen LogP contribution in [0.5, 0.6) is 0 Å². The third-order valence-electron chi connectivity index (χ3n) is 2.37. The van der Waals surface area contributed by atoms with Gasteiger partial charge in [-0.1, -0.05) is 12.1 Å². The van der Waals surface area contributed by atoms with E-state index in [1.54, 1.807) is 36.4 Å². The number of carbonyl (C=O) groups is 2. The van der Waals surface area contributed by atoms with E-state index in [1.165, 1.54) is 6.26 Å². The van der Waals surface area contributed by atoms with Gasteiger partial charge in [-0.3, -0.25) is 9.59 Å².